The molecule has 2 aromatic rings. The van der Waals surface area contributed by atoms with Gasteiger partial charge in [0, 0.05) is 45.6 Å². The van der Waals surface area contributed by atoms with Crippen LogP contribution in [0.1, 0.15) is 30.1 Å². The van der Waals surface area contributed by atoms with Crippen molar-refractivity contribution in [2.75, 3.05) is 33.4 Å². The van der Waals surface area contributed by atoms with Crippen molar-refractivity contribution in [3.8, 4) is 0 Å². The summed E-state index contributed by atoms with van der Waals surface area (Å²) in [5.74, 6) is 2.99. The fraction of sp³-hybridized carbons (Fsp3) is 0.632. The largest absolute Gasteiger partial charge is 0.468 e. The van der Waals surface area contributed by atoms with Crippen molar-refractivity contribution >= 4 is 0 Å². The van der Waals surface area contributed by atoms with E-state index in [0.29, 0.717) is 0 Å². The van der Waals surface area contributed by atoms with Crippen LogP contribution in [0, 0.1) is 5.92 Å². The first kappa shape index (κ1) is 16.8. The van der Waals surface area contributed by atoms with E-state index in [0.717, 1.165) is 63.3 Å². The molecule has 0 aliphatic carbocycles. The number of ether oxygens (including phenoxy) is 1. The van der Waals surface area contributed by atoms with Crippen molar-refractivity contribution in [3.05, 3.63) is 41.9 Å². The van der Waals surface area contributed by atoms with Gasteiger partial charge in [0.25, 0.3) is 0 Å². The minimum Gasteiger partial charge on any atom is -0.468 e. The second kappa shape index (κ2) is 7.72. The van der Waals surface area contributed by atoms with E-state index in [1.807, 2.05) is 12.1 Å². The summed E-state index contributed by atoms with van der Waals surface area (Å²) in [6, 6.07) is 3.95. The number of hydrogen-bond donors (Lipinski definition) is 0. The summed E-state index contributed by atoms with van der Waals surface area (Å²) < 4.78 is 13.2. The van der Waals surface area contributed by atoms with Crippen molar-refractivity contribution in [1.29, 1.82) is 0 Å². The molecule has 0 radical (unpaired) electrons. The van der Waals surface area contributed by atoms with Crippen LogP contribution in [-0.4, -0.2) is 52.7 Å². The molecule has 0 aromatic carbocycles. The van der Waals surface area contributed by atoms with Gasteiger partial charge in [-0.3, -0.25) is 9.80 Å². The van der Waals surface area contributed by atoms with Gasteiger partial charge in [-0.15, -0.1) is 0 Å². The number of fused-ring (bicyclic) bond motifs is 1. The Labute approximate surface area is 149 Å². The summed E-state index contributed by atoms with van der Waals surface area (Å²) in [5.41, 5.74) is 1.15. The molecule has 4 heterocycles. The van der Waals surface area contributed by atoms with Gasteiger partial charge in [0.1, 0.15) is 11.6 Å². The van der Waals surface area contributed by atoms with Crippen LogP contribution in [0.4, 0.5) is 0 Å². The van der Waals surface area contributed by atoms with Crippen LogP contribution in [0.3, 0.4) is 0 Å². The van der Waals surface area contributed by atoms with Gasteiger partial charge < -0.3 is 13.7 Å². The number of furan rings is 1. The van der Waals surface area contributed by atoms with Crippen LogP contribution in [-0.2, 0) is 30.9 Å². The summed E-state index contributed by atoms with van der Waals surface area (Å²) in [6.07, 6.45) is 6.35. The molecule has 2 aliphatic heterocycles. The molecule has 0 unspecified atom stereocenters. The van der Waals surface area contributed by atoms with Crippen LogP contribution in [0.5, 0.6) is 0 Å². The fourth-order valence-corrected chi connectivity index (χ4v) is 3.89. The van der Waals surface area contributed by atoms with E-state index in [9.17, 15) is 0 Å². The number of imidazole rings is 1. The number of aromatic nitrogens is 2. The van der Waals surface area contributed by atoms with Gasteiger partial charge in [-0.05, 0) is 37.9 Å². The van der Waals surface area contributed by atoms with Gasteiger partial charge >= 0.3 is 0 Å². The van der Waals surface area contributed by atoms with E-state index in [-0.39, 0.29) is 0 Å². The minimum absolute atomic E-state index is 0.786. The average molecular weight is 344 g/mol. The lowest BCUT2D eigenvalue weighted by Crippen LogP contribution is -2.38. The SMILES string of the molecule is CN(Cc1cn2c(n1)CN(CC1CCOCC1)CC2)Cc1ccco1. The zero-order valence-corrected chi connectivity index (χ0v) is 15.1. The van der Waals surface area contributed by atoms with E-state index in [1.54, 1.807) is 6.26 Å². The molecule has 2 aliphatic rings. The van der Waals surface area contributed by atoms with E-state index >= 15 is 0 Å². The van der Waals surface area contributed by atoms with Gasteiger partial charge in [0.2, 0.25) is 0 Å². The highest BCUT2D eigenvalue weighted by Gasteiger charge is 2.23. The molecule has 1 saturated heterocycles. The summed E-state index contributed by atoms with van der Waals surface area (Å²) >= 11 is 0. The van der Waals surface area contributed by atoms with E-state index in [4.69, 9.17) is 14.1 Å². The minimum atomic E-state index is 0.786. The number of rotatable bonds is 6. The first-order chi connectivity index (χ1) is 12.3. The monoisotopic (exact) mass is 344 g/mol. The zero-order chi connectivity index (χ0) is 17.1. The third-order valence-electron chi connectivity index (χ3n) is 5.23. The Morgan fingerprint density at radius 2 is 2.12 bits per heavy atom. The molecule has 0 bridgehead atoms. The lowest BCUT2D eigenvalue weighted by molar-refractivity contribution is 0.0482. The van der Waals surface area contributed by atoms with Gasteiger partial charge in [-0.1, -0.05) is 0 Å². The van der Waals surface area contributed by atoms with Crippen LogP contribution in [0.15, 0.2) is 29.0 Å². The standard InChI is InChI=1S/C19H28N4O2/c1-21(14-18-3-2-8-25-18)12-17-13-23-7-6-22(15-19(23)20-17)11-16-4-9-24-10-5-16/h2-3,8,13,16H,4-7,9-12,14-15H2,1H3. The van der Waals surface area contributed by atoms with Crippen molar-refractivity contribution < 1.29 is 9.15 Å². The lowest BCUT2D eigenvalue weighted by atomic mass is 9.99. The Morgan fingerprint density at radius 3 is 2.92 bits per heavy atom. The maximum absolute atomic E-state index is 5.48. The third kappa shape index (κ3) is 4.32. The average Bonchev–Trinajstić information content (AvgIpc) is 3.24. The van der Waals surface area contributed by atoms with Crippen LogP contribution in [0.25, 0.3) is 0 Å². The second-order valence-corrected chi connectivity index (χ2v) is 7.38. The van der Waals surface area contributed by atoms with Crippen molar-refractivity contribution in [3.63, 3.8) is 0 Å². The Hall–Kier alpha value is -1.63. The van der Waals surface area contributed by atoms with E-state index in [2.05, 4.69) is 27.6 Å². The molecule has 136 valence electrons. The molecule has 0 saturated carbocycles. The molecule has 4 rings (SSSR count). The summed E-state index contributed by atoms with van der Waals surface area (Å²) in [6.45, 7) is 7.85. The van der Waals surface area contributed by atoms with Crippen LogP contribution < -0.4 is 0 Å². The fourth-order valence-electron chi connectivity index (χ4n) is 3.89. The number of nitrogens with zero attached hydrogens (tertiary/aromatic N) is 4. The molecule has 1 fully saturated rings. The summed E-state index contributed by atoms with van der Waals surface area (Å²) in [4.78, 5) is 9.69. The Balaban J connectivity index is 1.32. The first-order valence-electron chi connectivity index (χ1n) is 9.32. The summed E-state index contributed by atoms with van der Waals surface area (Å²) in [7, 11) is 2.11. The quantitative estimate of drug-likeness (QED) is 0.805. The predicted molar refractivity (Wildman–Crippen MR) is 94.9 cm³/mol. The maximum atomic E-state index is 5.48. The smallest absolute Gasteiger partial charge is 0.123 e. The van der Waals surface area contributed by atoms with Crippen molar-refractivity contribution in [2.45, 2.75) is 39.0 Å². The van der Waals surface area contributed by atoms with Crippen LogP contribution >= 0.6 is 0 Å². The van der Waals surface area contributed by atoms with E-state index < -0.39 is 0 Å². The highest BCUT2D eigenvalue weighted by molar-refractivity contribution is 5.07. The summed E-state index contributed by atoms with van der Waals surface area (Å²) in [5, 5.41) is 0. The molecular formula is C19H28N4O2. The molecule has 0 spiro atoms. The Bertz CT molecular complexity index is 661. The Morgan fingerprint density at radius 1 is 1.24 bits per heavy atom. The molecule has 6 heteroatoms. The molecule has 25 heavy (non-hydrogen) atoms. The highest BCUT2D eigenvalue weighted by atomic mass is 16.5. The van der Waals surface area contributed by atoms with Crippen molar-refractivity contribution in [1.82, 2.24) is 19.4 Å². The normalized spacial score (nSPS) is 19.4. The molecule has 0 atom stereocenters. The third-order valence-corrected chi connectivity index (χ3v) is 5.23. The molecule has 2 aromatic heterocycles. The lowest BCUT2D eigenvalue weighted by Gasteiger charge is -2.32. The topological polar surface area (TPSA) is 46.7 Å². The second-order valence-electron chi connectivity index (χ2n) is 7.38. The van der Waals surface area contributed by atoms with Gasteiger partial charge in [-0.2, -0.15) is 0 Å². The molecule has 0 N–H and O–H groups in total. The molecule has 0 amide bonds. The van der Waals surface area contributed by atoms with Gasteiger partial charge in [0.05, 0.1) is 25.0 Å². The van der Waals surface area contributed by atoms with Crippen LogP contribution in [0.2, 0.25) is 0 Å². The Kier molecular flexibility index (Phi) is 5.20. The first-order valence-corrected chi connectivity index (χ1v) is 9.32. The zero-order valence-electron chi connectivity index (χ0n) is 15.1. The molecular weight excluding hydrogens is 316 g/mol. The molecule has 6 nitrogen and oxygen atoms in total. The number of hydrogen-bond acceptors (Lipinski definition) is 5. The highest BCUT2D eigenvalue weighted by Crippen LogP contribution is 2.20. The van der Waals surface area contributed by atoms with Gasteiger partial charge in [-0.25, -0.2) is 4.98 Å². The predicted octanol–water partition coefficient (Wildman–Crippen LogP) is 2.35. The maximum Gasteiger partial charge on any atom is 0.123 e. The van der Waals surface area contributed by atoms with Gasteiger partial charge in [0.15, 0.2) is 0 Å². The van der Waals surface area contributed by atoms with Crippen molar-refractivity contribution in [2.24, 2.45) is 5.92 Å². The van der Waals surface area contributed by atoms with E-state index in [1.165, 1.54) is 25.2 Å².